The number of aryl methyl sites for hydroxylation is 1. The summed E-state index contributed by atoms with van der Waals surface area (Å²) < 4.78 is 4.63. The third-order valence-corrected chi connectivity index (χ3v) is 3.75. The maximum atomic E-state index is 10.4. The molecular formula is C11H13ClN4O2S. The van der Waals surface area contributed by atoms with E-state index in [0.29, 0.717) is 12.4 Å². The molecule has 2 aromatic heterocycles. The zero-order valence-corrected chi connectivity index (χ0v) is 11.8. The lowest BCUT2D eigenvalue weighted by molar-refractivity contribution is 0.161. The Bertz CT molecular complexity index is 602. The van der Waals surface area contributed by atoms with Crippen LogP contribution in [-0.2, 0) is 11.2 Å². The van der Waals surface area contributed by atoms with Crippen molar-refractivity contribution in [2.75, 3.05) is 18.5 Å². The monoisotopic (exact) mass is 300 g/mol. The number of rotatable bonds is 5. The predicted molar refractivity (Wildman–Crippen MR) is 75.8 cm³/mol. The molecule has 6 nitrogen and oxygen atoms in total. The largest absolute Gasteiger partial charge is 0.448 e. The summed E-state index contributed by atoms with van der Waals surface area (Å²) in [6, 6.07) is 2.04. The van der Waals surface area contributed by atoms with Gasteiger partial charge in [0, 0.05) is 4.88 Å². The first-order chi connectivity index (χ1) is 9.10. The zero-order chi connectivity index (χ0) is 13.8. The van der Waals surface area contributed by atoms with Gasteiger partial charge in [-0.15, -0.1) is 11.3 Å². The number of aromatic nitrogens is 2. The number of amides is 1. The lowest BCUT2D eigenvalue weighted by atomic mass is 10.3. The number of hydrogen-bond donors (Lipinski definition) is 2. The molecular weight excluding hydrogens is 288 g/mol. The third kappa shape index (κ3) is 3.45. The predicted octanol–water partition coefficient (Wildman–Crippen LogP) is 2.41. The number of carbonyl (C=O) groups excluding carboxylic acids is 1. The van der Waals surface area contributed by atoms with Crippen molar-refractivity contribution < 1.29 is 9.53 Å². The average Bonchev–Trinajstić information content (AvgIpc) is 2.77. The molecule has 0 aliphatic carbocycles. The number of primary amides is 1. The van der Waals surface area contributed by atoms with Crippen molar-refractivity contribution in [2.24, 2.45) is 5.73 Å². The van der Waals surface area contributed by atoms with E-state index in [0.717, 1.165) is 16.6 Å². The number of nitrogens with one attached hydrogen (secondary N) is 1. The van der Waals surface area contributed by atoms with Gasteiger partial charge in [0.25, 0.3) is 0 Å². The molecule has 102 valence electrons. The Balaban J connectivity index is 2.16. The van der Waals surface area contributed by atoms with Gasteiger partial charge in [-0.05, 0) is 24.1 Å². The fraction of sp³-hybridized carbons (Fsp3) is 0.364. The van der Waals surface area contributed by atoms with Gasteiger partial charge in [-0.2, -0.15) is 0 Å². The van der Waals surface area contributed by atoms with Gasteiger partial charge in [0.15, 0.2) is 0 Å². The Kier molecular flexibility index (Phi) is 4.39. The molecule has 0 aromatic carbocycles. The summed E-state index contributed by atoms with van der Waals surface area (Å²) >= 11 is 7.47. The van der Waals surface area contributed by atoms with E-state index in [1.165, 1.54) is 4.88 Å². The minimum absolute atomic E-state index is 0.170. The molecule has 0 bridgehead atoms. The van der Waals surface area contributed by atoms with Crippen molar-refractivity contribution in [3.63, 3.8) is 0 Å². The smallest absolute Gasteiger partial charge is 0.404 e. The Labute approximate surface area is 118 Å². The number of fused-ring (bicyclic) bond motifs is 1. The number of thiophene rings is 1. The van der Waals surface area contributed by atoms with Crippen LogP contribution in [0.1, 0.15) is 11.8 Å². The zero-order valence-electron chi connectivity index (χ0n) is 10.3. The van der Waals surface area contributed by atoms with Crippen LogP contribution in [0.25, 0.3) is 10.2 Å². The van der Waals surface area contributed by atoms with Crippen molar-refractivity contribution in [2.45, 2.75) is 13.3 Å². The van der Waals surface area contributed by atoms with Gasteiger partial charge in [-0.1, -0.05) is 6.92 Å². The van der Waals surface area contributed by atoms with Crippen molar-refractivity contribution in [1.29, 1.82) is 0 Å². The molecule has 0 atom stereocenters. The number of ether oxygens (including phenoxy) is 1. The van der Waals surface area contributed by atoms with E-state index in [2.05, 4.69) is 26.9 Å². The maximum Gasteiger partial charge on any atom is 0.404 e. The molecule has 19 heavy (non-hydrogen) atoms. The Morgan fingerprint density at radius 1 is 1.58 bits per heavy atom. The van der Waals surface area contributed by atoms with Gasteiger partial charge in [-0.25, -0.2) is 14.8 Å². The SMILES string of the molecule is CCc1cc2c(NCCOC(N)=O)nc(Cl)nc2s1. The molecule has 8 heteroatoms. The van der Waals surface area contributed by atoms with Crippen LogP contribution < -0.4 is 11.1 Å². The lowest BCUT2D eigenvalue weighted by Gasteiger charge is -2.06. The standard InChI is InChI=1S/C11H13ClN4O2S/c1-2-6-5-7-8(14-3-4-18-11(13)17)15-10(12)16-9(7)19-6/h5H,2-4H2,1H3,(H2,13,17)(H,14,15,16). The number of halogens is 1. The van der Waals surface area contributed by atoms with Gasteiger partial charge in [0.05, 0.1) is 11.9 Å². The number of hydrogen-bond acceptors (Lipinski definition) is 6. The first-order valence-electron chi connectivity index (χ1n) is 5.72. The van der Waals surface area contributed by atoms with E-state index in [1.54, 1.807) is 11.3 Å². The van der Waals surface area contributed by atoms with E-state index < -0.39 is 6.09 Å². The first kappa shape index (κ1) is 13.8. The molecule has 2 heterocycles. The van der Waals surface area contributed by atoms with E-state index >= 15 is 0 Å². The van der Waals surface area contributed by atoms with Gasteiger partial charge in [0.2, 0.25) is 5.28 Å². The van der Waals surface area contributed by atoms with Crippen LogP contribution in [0.15, 0.2) is 6.07 Å². The minimum atomic E-state index is -0.795. The summed E-state index contributed by atoms with van der Waals surface area (Å²) in [5.74, 6) is 0.638. The van der Waals surface area contributed by atoms with E-state index in [9.17, 15) is 4.79 Å². The highest BCUT2D eigenvalue weighted by atomic mass is 35.5. The highest BCUT2D eigenvalue weighted by Crippen LogP contribution is 2.30. The van der Waals surface area contributed by atoms with Crippen LogP contribution in [-0.4, -0.2) is 29.2 Å². The second-order valence-electron chi connectivity index (χ2n) is 3.72. The number of carbonyl (C=O) groups is 1. The number of nitrogens with two attached hydrogens (primary N) is 1. The average molecular weight is 301 g/mol. The molecule has 3 N–H and O–H groups in total. The summed E-state index contributed by atoms with van der Waals surface area (Å²) in [6.45, 7) is 2.65. The Morgan fingerprint density at radius 2 is 2.37 bits per heavy atom. The van der Waals surface area contributed by atoms with Crippen LogP contribution in [0, 0.1) is 0 Å². The van der Waals surface area contributed by atoms with Crippen LogP contribution >= 0.6 is 22.9 Å². The van der Waals surface area contributed by atoms with Crippen molar-refractivity contribution in [1.82, 2.24) is 9.97 Å². The summed E-state index contributed by atoms with van der Waals surface area (Å²) in [5, 5.41) is 4.17. The highest BCUT2D eigenvalue weighted by molar-refractivity contribution is 7.18. The summed E-state index contributed by atoms with van der Waals surface area (Å²) in [5.41, 5.74) is 4.87. The van der Waals surface area contributed by atoms with Gasteiger partial charge >= 0.3 is 6.09 Å². The molecule has 0 fully saturated rings. The van der Waals surface area contributed by atoms with E-state index in [4.69, 9.17) is 17.3 Å². The normalized spacial score (nSPS) is 10.6. The lowest BCUT2D eigenvalue weighted by Crippen LogP contribution is -2.18. The second kappa shape index (κ2) is 6.03. The van der Waals surface area contributed by atoms with E-state index in [-0.39, 0.29) is 11.9 Å². The molecule has 0 unspecified atom stereocenters. The van der Waals surface area contributed by atoms with E-state index in [1.807, 2.05) is 6.07 Å². The second-order valence-corrected chi connectivity index (χ2v) is 5.17. The molecule has 2 aromatic rings. The molecule has 0 saturated heterocycles. The molecule has 0 aliphatic heterocycles. The van der Waals surface area contributed by atoms with Crippen molar-refractivity contribution >= 4 is 45.1 Å². The van der Waals surface area contributed by atoms with Crippen molar-refractivity contribution in [3.8, 4) is 0 Å². The van der Waals surface area contributed by atoms with Crippen LogP contribution in [0.5, 0.6) is 0 Å². The van der Waals surface area contributed by atoms with Crippen molar-refractivity contribution in [3.05, 3.63) is 16.2 Å². The number of anilines is 1. The molecule has 0 spiro atoms. The fourth-order valence-corrected chi connectivity index (χ4v) is 2.76. The molecule has 2 rings (SSSR count). The highest BCUT2D eigenvalue weighted by Gasteiger charge is 2.10. The Hall–Kier alpha value is -1.60. The topological polar surface area (TPSA) is 90.1 Å². The summed E-state index contributed by atoms with van der Waals surface area (Å²) in [6.07, 6.45) is 0.138. The quantitative estimate of drug-likeness (QED) is 0.653. The van der Waals surface area contributed by atoms with Gasteiger partial charge in [0.1, 0.15) is 17.3 Å². The van der Waals surface area contributed by atoms with Crippen LogP contribution in [0.3, 0.4) is 0 Å². The molecule has 0 radical (unpaired) electrons. The number of nitrogens with zero attached hydrogens (tertiary/aromatic N) is 2. The summed E-state index contributed by atoms with van der Waals surface area (Å²) in [7, 11) is 0. The Morgan fingerprint density at radius 3 is 3.05 bits per heavy atom. The third-order valence-electron chi connectivity index (χ3n) is 2.40. The van der Waals surface area contributed by atoms with Gasteiger partial charge < -0.3 is 15.8 Å². The first-order valence-corrected chi connectivity index (χ1v) is 6.91. The van der Waals surface area contributed by atoms with Gasteiger partial charge in [-0.3, -0.25) is 0 Å². The molecule has 1 amide bonds. The van der Waals surface area contributed by atoms with Crippen LogP contribution in [0.2, 0.25) is 5.28 Å². The molecule has 0 aliphatic rings. The molecule has 0 saturated carbocycles. The fourth-order valence-electron chi connectivity index (χ4n) is 1.58. The maximum absolute atomic E-state index is 10.4. The summed E-state index contributed by atoms with van der Waals surface area (Å²) in [4.78, 5) is 20.8. The minimum Gasteiger partial charge on any atom is -0.448 e. The van der Waals surface area contributed by atoms with Crippen LogP contribution in [0.4, 0.5) is 10.6 Å².